The Bertz CT molecular complexity index is 1320. The molecule has 31 heavy (non-hydrogen) atoms. The lowest BCUT2D eigenvalue weighted by molar-refractivity contribution is 0.102. The fourth-order valence-electron chi connectivity index (χ4n) is 3.18. The van der Waals surface area contributed by atoms with E-state index in [0.29, 0.717) is 21.1 Å². The van der Waals surface area contributed by atoms with Crippen molar-refractivity contribution in [2.75, 3.05) is 5.32 Å². The molecule has 154 valence electrons. The van der Waals surface area contributed by atoms with Gasteiger partial charge in [-0.1, -0.05) is 71.7 Å². The number of hydrogen-bond donors (Lipinski definition) is 2. The Morgan fingerprint density at radius 3 is 2.26 bits per heavy atom. The lowest BCUT2D eigenvalue weighted by Gasteiger charge is -2.12. The Morgan fingerprint density at radius 2 is 1.52 bits per heavy atom. The number of para-hydroxylation sites is 1. The average Bonchev–Trinajstić information content (AvgIpc) is 2.76. The molecule has 7 heteroatoms. The molecule has 0 fully saturated rings. The molecule has 1 amide bonds. The van der Waals surface area contributed by atoms with Gasteiger partial charge in [0.1, 0.15) is 11.4 Å². The van der Waals surface area contributed by atoms with Gasteiger partial charge in [0.05, 0.1) is 15.6 Å². The number of nitrogens with zero attached hydrogens (tertiary/aromatic N) is 2. The Hall–Kier alpha value is -3.41. The zero-order valence-corrected chi connectivity index (χ0v) is 17.9. The largest absolute Gasteiger partial charge is 0.505 e. The molecule has 0 aliphatic rings. The Morgan fingerprint density at radius 1 is 0.871 bits per heavy atom. The normalized spacial score (nSPS) is 11.2. The minimum Gasteiger partial charge on any atom is -0.505 e. The van der Waals surface area contributed by atoms with E-state index in [1.165, 1.54) is 0 Å². The third-order valence-electron chi connectivity index (χ3n) is 4.82. The summed E-state index contributed by atoms with van der Waals surface area (Å²) in [4.78, 5) is 13.0. The van der Waals surface area contributed by atoms with Crippen LogP contribution in [-0.4, -0.2) is 11.0 Å². The molecule has 4 aromatic rings. The van der Waals surface area contributed by atoms with Gasteiger partial charge in [-0.05, 0) is 42.1 Å². The highest BCUT2D eigenvalue weighted by Gasteiger charge is 2.19. The molecule has 0 atom stereocenters. The maximum absolute atomic E-state index is 13.0. The zero-order valence-electron chi connectivity index (χ0n) is 16.4. The molecular formula is C24H17Cl2N3O2. The van der Waals surface area contributed by atoms with Gasteiger partial charge in [0.2, 0.25) is 0 Å². The molecule has 0 aromatic heterocycles. The van der Waals surface area contributed by atoms with Crippen LogP contribution in [0.15, 0.2) is 83.0 Å². The number of hydrogen-bond acceptors (Lipinski definition) is 4. The van der Waals surface area contributed by atoms with Gasteiger partial charge in [-0.25, -0.2) is 0 Å². The summed E-state index contributed by atoms with van der Waals surface area (Å²) >= 11 is 12.4. The summed E-state index contributed by atoms with van der Waals surface area (Å²) < 4.78 is 0. The van der Waals surface area contributed by atoms with E-state index < -0.39 is 5.91 Å². The molecule has 0 unspecified atom stereocenters. The lowest BCUT2D eigenvalue weighted by atomic mass is 10.0. The maximum atomic E-state index is 13.0. The van der Waals surface area contributed by atoms with Gasteiger partial charge in [-0.3, -0.25) is 4.79 Å². The van der Waals surface area contributed by atoms with Crippen molar-refractivity contribution < 1.29 is 9.90 Å². The van der Waals surface area contributed by atoms with Gasteiger partial charge in [-0.15, -0.1) is 10.2 Å². The highest BCUT2D eigenvalue weighted by Crippen LogP contribution is 2.41. The molecule has 0 radical (unpaired) electrons. The van der Waals surface area contributed by atoms with Gasteiger partial charge >= 0.3 is 0 Å². The van der Waals surface area contributed by atoms with Crippen LogP contribution < -0.4 is 5.32 Å². The minimum atomic E-state index is -0.454. The number of benzene rings is 4. The van der Waals surface area contributed by atoms with E-state index in [2.05, 4.69) is 15.5 Å². The average molecular weight is 450 g/mol. The van der Waals surface area contributed by atoms with Crippen molar-refractivity contribution >= 4 is 56.9 Å². The number of phenolic OH excluding ortho intramolecular Hbond substituents is 1. The van der Waals surface area contributed by atoms with Crippen molar-refractivity contribution in [3.05, 3.63) is 94.0 Å². The number of carbonyl (C=O) groups excluding carboxylic acids is 1. The first kappa shape index (κ1) is 20.8. The minimum absolute atomic E-state index is 0.0844. The second kappa shape index (κ2) is 8.76. The number of amides is 1. The van der Waals surface area contributed by atoms with Gasteiger partial charge in [0.15, 0.2) is 5.75 Å². The molecule has 0 aliphatic carbocycles. The molecule has 0 heterocycles. The number of phenols is 1. The van der Waals surface area contributed by atoms with Crippen molar-refractivity contribution in [1.82, 2.24) is 0 Å². The summed E-state index contributed by atoms with van der Waals surface area (Å²) in [5.74, 6) is -0.735. The van der Waals surface area contributed by atoms with Gasteiger partial charge in [-0.2, -0.15) is 0 Å². The summed E-state index contributed by atoms with van der Waals surface area (Å²) in [7, 11) is 0. The van der Waals surface area contributed by atoms with E-state index >= 15 is 0 Å². The molecule has 2 N–H and O–H groups in total. The summed E-state index contributed by atoms with van der Waals surface area (Å²) in [6.45, 7) is 1.89. The molecule has 4 rings (SSSR count). The predicted molar refractivity (Wildman–Crippen MR) is 125 cm³/mol. The van der Waals surface area contributed by atoms with Crippen LogP contribution in [0.5, 0.6) is 5.75 Å². The van der Waals surface area contributed by atoms with Crippen LogP contribution in [0.3, 0.4) is 0 Å². The second-order valence-electron chi connectivity index (χ2n) is 6.88. The molecule has 5 nitrogen and oxygen atoms in total. The summed E-state index contributed by atoms with van der Waals surface area (Å²) in [6.07, 6.45) is 0. The highest BCUT2D eigenvalue weighted by atomic mass is 35.5. The smallest absolute Gasteiger partial charge is 0.259 e. The molecular weight excluding hydrogens is 433 g/mol. The molecule has 0 spiro atoms. The highest BCUT2D eigenvalue weighted by molar-refractivity contribution is 6.38. The van der Waals surface area contributed by atoms with Crippen LogP contribution >= 0.6 is 23.2 Å². The first-order chi connectivity index (χ1) is 15.0. The third-order valence-corrected chi connectivity index (χ3v) is 5.43. The molecule has 0 aliphatic heterocycles. The van der Waals surface area contributed by atoms with E-state index in [4.69, 9.17) is 23.2 Å². The van der Waals surface area contributed by atoms with Crippen molar-refractivity contribution in [1.29, 1.82) is 0 Å². The quantitative estimate of drug-likeness (QED) is 0.311. The Balaban J connectivity index is 1.82. The summed E-state index contributed by atoms with van der Waals surface area (Å²) in [6, 6.07) is 21.3. The molecule has 4 aromatic carbocycles. The van der Waals surface area contributed by atoms with Crippen LogP contribution in [0, 0.1) is 6.92 Å². The Kier molecular flexibility index (Phi) is 5.89. The number of halogens is 2. The standard InChI is InChI=1S/C24H17Cl2N3O2/c1-14-7-2-5-12-20(14)27-24(31)17-13-15-8-3-4-9-16(15)21(23(17)30)28-29-22-18(25)10-6-11-19(22)26/h2-13,30H,1H3,(H,27,31). The number of azo groups is 1. The number of carbonyl (C=O) groups is 1. The fourth-order valence-corrected chi connectivity index (χ4v) is 3.65. The van der Waals surface area contributed by atoms with Crippen molar-refractivity contribution in [3.63, 3.8) is 0 Å². The number of aryl methyl sites for hydroxylation is 1. The lowest BCUT2D eigenvalue weighted by Crippen LogP contribution is -2.13. The van der Waals surface area contributed by atoms with Gasteiger partial charge in [0.25, 0.3) is 5.91 Å². The SMILES string of the molecule is Cc1ccccc1NC(=O)c1cc2ccccc2c(N=Nc2c(Cl)cccc2Cl)c1O. The molecule has 0 saturated heterocycles. The van der Waals surface area contributed by atoms with E-state index in [-0.39, 0.29) is 22.7 Å². The fraction of sp³-hybridized carbons (Fsp3) is 0.0417. The van der Waals surface area contributed by atoms with E-state index in [1.54, 1.807) is 36.4 Å². The second-order valence-corrected chi connectivity index (χ2v) is 7.70. The number of aromatic hydroxyl groups is 1. The topological polar surface area (TPSA) is 74.0 Å². The number of rotatable bonds is 4. The van der Waals surface area contributed by atoms with Crippen molar-refractivity contribution in [2.24, 2.45) is 10.2 Å². The van der Waals surface area contributed by atoms with Crippen molar-refractivity contribution in [2.45, 2.75) is 6.92 Å². The molecule has 0 saturated carbocycles. The Labute approximate surface area is 189 Å². The monoisotopic (exact) mass is 449 g/mol. The van der Waals surface area contributed by atoms with Crippen molar-refractivity contribution in [3.8, 4) is 5.75 Å². The number of fused-ring (bicyclic) bond motifs is 1. The van der Waals surface area contributed by atoms with Crippen LogP contribution in [0.4, 0.5) is 17.1 Å². The summed E-state index contributed by atoms with van der Waals surface area (Å²) in [5, 5.41) is 24.2. The summed E-state index contributed by atoms with van der Waals surface area (Å²) in [5.41, 5.74) is 2.09. The van der Waals surface area contributed by atoms with Crippen LogP contribution in [-0.2, 0) is 0 Å². The first-order valence-corrected chi connectivity index (χ1v) is 10.2. The van der Waals surface area contributed by atoms with Crippen LogP contribution in [0.2, 0.25) is 10.0 Å². The predicted octanol–water partition coefficient (Wildman–Crippen LogP) is 7.83. The maximum Gasteiger partial charge on any atom is 0.259 e. The first-order valence-electron chi connectivity index (χ1n) is 9.43. The van der Waals surface area contributed by atoms with Crippen LogP contribution in [0.1, 0.15) is 15.9 Å². The van der Waals surface area contributed by atoms with Gasteiger partial charge in [0, 0.05) is 11.1 Å². The number of anilines is 1. The molecule has 0 bridgehead atoms. The zero-order chi connectivity index (χ0) is 22.0. The van der Waals surface area contributed by atoms with E-state index in [9.17, 15) is 9.90 Å². The number of nitrogens with one attached hydrogen (secondary N) is 1. The van der Waals surface area contributed by atoms with E-state index in [0.717, 1.165) is 10.9 Å². The van der Waals surface area contributed by atoms with Crippen LogP contribution in [0.25, 0.3) is 10.8 Å². The van der Waals surface area contributed by atoms with Gasteiger partial charge < -0.3 is 10.4 Å². The van der Waals surface area contributed by atoms with E-state index in [1.807, 2.05) is 43.3 Å². The third kappa shape index (κ3) is 4.24.